The number of likely N-dealkylation sites (N-methyl/N-ethyl adjacent to an activating group) is 1. The Labute approximate surface area is 179 Å². The normalized spacial score (nSPS) is 11.3. The Morgan fingerprint density at radius 1 is 1.03 bits per heavy atom. The second kappa shape index (κ2) is 9.49. The molecule has 1 heterocycles. The zero-order valence-corrected chi connectivity index (χ0v) is 18.5. The molecular formula is C22H26F2N4OS. The largest absolute Gasteiger partial charge is 0.372 e. The molecule has 0 radical (unpaired) electrons. The van der Waals surface area contributed by atoms with Crippen molar-refractivity contribution in [3.8, 4) is 0 Å². The fraction of sp³-hybridized carbons (Fsp3) is 0.364. The zero-order chi connectivity index (χ0) is 21.8. The predicted octanol–water partition coefficient (Wildman–Crippen LogP) is 4.63. The first-order valence-corrected chi connectivity index (χ1v) is 10.7. The molecule has 3 aromatic rings. The van der Waals surface area contributed by atoms with Gasteiger partial charge in [0.1, 0.15) is 11.3 Å². The molecule has 0 aliphatic carbocycles. The molecule has 0 aliphatic rings. The van der Waals surface area contributed by atoms with Crippen molar-refractivity contribution in [2.24, 2.45) is 0 Å². The average molecular weight is 433 g/mol. The second-order valence-corrected chi connectivity index (χ2v) is 8.22. The van der Waals surface area contributed by atoms with Crippen molar-refractivity contribution < 1.29 is 13.6 Å². The van der Waals surface area contributed by atoms with Crippen molar-refractivity contribution >= 4 is 38.3 Å². The number of hydrogen-bond donors (Lipinski definition) is 0. The summed E-state index contributed by atoms with van der Waals surface area (Å²) in [5.41, 5.74) is 1.65. The highest BCUT2D eigenvalue weighted by atomic mass is 32.1. The average Bonchev–Trinajstić information content (AvgIpc) is 3.13. The first-order chi connectivity index (χ1) is 14.3. The van der Waals surface area contributed by atoms with Gasteiger partial charge in [-0.2, -0.15) is 0 Å². The lowest BCUT2D eigenvalue weighted by Crippen LogP contribution is -2.36. The van der Waals surface area contributed by atoms with Crippen molar-refractivity contribution in [3.63, 3.8) is 0 Å². The van der Waals surface area contributed by atoms with E-state index in [-0.39, 0.29) is 11.4 Å². The van der Waals surface area contributed by atoms with Gasteiger partial charge in [-0.25, -0.2) is 13.8 Å². The van der Waals surface area contributed by atoms with Gasteiger partial charge < -0.3 is 9.80 Å². The van der Waals surface area contributed by atoms with Crippen LogP contribution < -0.4 is 9.80 Å². The SMILES string of the molecule is CCN(CC)c1ccc(C(=O)N(CCN(C)C)c2nc3c(F)cc(F)cc3s2)cc1. The maximum absolute atomic E-state index is 14.1. The number of fused-ring (bicyclic) bond motifs is 1. The van der Waals surface area contributed by atoms with E-state index >= 15 is 0 Å². The van der Waals surface area contributed by atoms with E-state index < -0.39 is 11.6 Å². The predicted molar refractivity (Wildman–Crippen MR) is 120 cm³/mol. The van der Waals surface area contributed by atoms with Crippen LogP contribution in [-0.2, 0) is 0 Å². The fourth-order valence-electron chi connectivity index (χ4n) is 3.20. The van der Waals surface area contributed by atoms with Gasteiger partial charge in [0.2, 0.25) is 0 Å². The maximum Gasteiger partial charge on any atom is 0.260 e. The number of nitrogens with zero attached hydrogens (tertiary/aromatic N) is 4. The van der Waals surface area contributed by atoms with Crippen molar-refractivity contribution in [1.29, 1.82) is 0 Å². The standard InChI is InChI=1S/C22H26F2N4OS/c1-5-27(6-2)17-9-7-15(8-10-17)21(29)28(12-11-26(3)4)22-25-20-18(24)13-16(23)14-19(20)30-22/h7-10,13-14H,5-6,11-12H2,1-4H3. The molecule has 30 heavy (non-hydrogen) atoms. The van der Waals surface area contributed by atoms with E-state index in [4.69, 9.17) is 0 Å². The van der Waals surface area contributed by atoms with Crippen LogP contribution >= 0.6 is 11.3 Å². The Balaban J connectivity index is 1.95. The van der Waals surface area contributed by atoms with Gasteiger partial charge in [-0.3, -0.25) is 9.69 Å². The molecule has 3 rings (SSSR count). The zero-order valence-electron chi connectivity index (χ0n) is 17.7. The minimum atomic E-state index is -0.726. The van der Waals surface area contributed by atoms with E-state index in [2.05, 4.69) is 23.7 Å². The van der Waals surface area contributed by atoms with E-state index in [0.29, 0.717) is 28.5 Å². The van der Waals surface area contributed by atoms with Crippen LogP contribution in [0.1, 0.15) is 24.2 Å². The van der Waals surface area contributed by atoms with Crippen LogP contribution in [0.3, 0.4) is 0 Å². The molecular weight excluding hydrogens is 406 g/mol. The molecule has 5 nitrogen and oxygen atoms in total. The topological polar surface area (TPSA) is 39.7 Å². The third-order valence-corrected chi connectivity index (χ3v) is 5.92. The summed E-state index contributed by atoms with van der Waals surface area (Å²) in [6.07, 6.45) is 0. The monoisotopic (exact) mass is 432 g/mol. The Kier molecular flexibility index (Phi) is 6.99. The summed E-state index contributed by atoms with van der Waals surface area (Å²) in [7, 11) is 3.82. The molecule has 8 heteroatoms. The molecule has 1 aromatic heterocycles. The summed E-state index contributed by atoms with van der Waals surface area (Å²) in [5.74, 6) is -1.60. The lowest BCUT2D eigenvalue weighted by atomic mass is 10.1. The third-order valence-electron chi connectivity index (χ3n) is 4.89. The number of rotatable bonds is 8. The van der Waals surface area contributed by atoms with Crippen molar-refractivity contribution in [2.45, 2.75) is 13.8 Å². The van der Waals surface area contributed by atoms with Gasteiger partial charge in [0.25, 0.3) is 5.91 Å². The van der Waals surface area contributed by atoms with Crippen molar-refractivity contribution in [3.05, 3.63) is 53.6 Å². The highest BCUT2D eigenvalue weighted by molar-refractivity contribution is 7.22. The Hall–Kier alpha value is -2.58. The summed E-state index contributed by atoms with van der Waals surface area (Å²) < 4.78 is 28.1. The maximum atomic E-state index is 14.1. The highest BCUT2D eigenvalue weighted by Crippen LogP contribution is 2.32. The molecule has 0 N–H and O–H groups in total. The van der Waals surface area contributed by atoms with Crippen LogP contribution in [-0.4, -0.2) is 56.1 Å². The van der Waals surface area contributed by atoms with Crippen LogP contribution in [0.2, 0.25) is 0 Å². The van der Waals surface area contributed by atoms with E-state index in [1.54, 1.807) is 12.1 Å². The summed E-state index contributed by atoms with van der Waals surface area (Å²) in [4.78, 5) is 23.3. The number of carbonyl (C=O) groups is 1. The molecule has 0 aliphatic heterocycles. The number of benzene rings is 2. The van der Waals surface area contributed by atoms with Crippen LogP contribution in [0.15, 0.2) is 36.4 Å². The lowest BCUT2D eigenvalue weighted by Gasteiger charge is -2.23. The van der Waals surface area contributed by atoms with Gasteiger partial charge in [0, 0.05) is 43.5 Å². The first-order valence-electron chi connectivity index (χ1n) is 9.91. The Morgan fingerprint density at radius 2 is 1.70 bits per heavy atom. The Bertz CT molecular complexity index is 1020. The quantitative estimate of drug-likeness (QED) is 0.520. The first kappa shape index (κ1) is 22.1. The van der Waals surface area contributed by atoms with Gasteiger partial charge in [-0.1, -0.05) is 11.3 Å². The molecule has 1 amide bonds. The molecule has 0 spiro atoms. The van der Waals surface area contributed by atoms with Crippen molar-refractivity contribution in [1.82, 2.24) is 9.88 Å². The summed E-state index contributed by atoms with van der Waals surface area (Å²) >= 11 is 1.11. The number of anilines is 2. The molecule has 160 valence electrons. The Morgan fingerprint density at radius 3 is 2.30 bits per heavy atom. The van der Waals surface area contributed by atoms with Crippen LogP contribution in [0.25, 0.3) is 10.2 Å². The van der Waals surface area contributed by atoms with Gasteiger partial charge in [0.05, 0.1) is 4.70 Å². The van der Waals surface area contributed by atoms with E-state index in [1.165, 1.54) is 11.0 Å². The van der Waals surface area contributed by atoms with Crippen LogP contribution in [0, 0.1) is 11.6 Å². The van der Waals surface area contributed by atoms with E-state index in [1.807, 2.05) is 31.1 Å². The van der Waals surface area contributed by atoms with Gasteiger partial charge in [-0.15, -0.1) is 0 Å². The summed E-state index contributed by atoms with van der Waals surface area (Å²) in [6.45, 7) is 6.92. The minimum absolute atomic E-state index is 0.0796. The molecule has 0 unspecified atom stereocenters. The van der Waals surface area contributed by atoms with Gasteiger partial charge >= 0.3 is 0 Å². The van der Waals surface area contributed by atoms with Crippen LogP contribution in [0.5, 0.6) is 0 Å². The van der Waals surface area contributed by atoms with E-state index in [9.17, 15) is 13.6 Å². The molecule has 0 bridgehead atoms. The molecule has 0 fully saturated rings. The smallest absolute Gasteiger partial charge is 0.260 e. The molecule has 0 saturated carbocycles. The fourth-order valence-corrected chi connectivity index (χ4v) is 4.23. The third kappa shape index (κ3) is 4.76. The lowest BCUT2D eigenvalue weighted by molar-refractivity contribution is 0.0985. The number of aromatic nitrogens is 1. The number of thiazole rings is 1. The van der Waals surface area contributed by atoms with Crippen LogP contribution in [0.4, 0.5) is 19.6 Å². The number of hydrogen-bond acceptors (Lipinski definition) is 5. The van der Waals surface area contributed by atoms with E-state index in [0.717, 1.165) is 36.2 Å². The minimum Gasteiger partial charge on any atom is -0.372 e. The molecule has 0 atom stereocenters. The van der Waals surface area contributed by atoms with Gasteiger partial charge in [-0.05, 0) is 58.3 Å². The van der Waals surface area contributed by atoms with Gasteiger partial charge in [0.15, 0.2) is 10.9 Å². The van der Waals surface area contributed by atoms with Crippen molar-refractivity contribution in [2.75, 3.05) is 50.1 Å². The highest BCUT2D eigenvalue weighted by Gasteiger charge is 2.23. The second-order valence-electron chi connectivity index (χ2n) is 7.21. The summed E-state index contributed by atoms with van der Waals surface area (Å²) in [6, 6.07) is 9.50. The number of carbonyl (C=O) groups excluding carboxylic acids is 1. The molecule has 0 saturated heterocycles. The molecule has 2 aromatic carbocycles. The summed E-state index contributed by atoms with van der Waals surface area (Å²) in [5, 5.41) is 0.356. The number of halogens is 2. The number of amides is 1.